The number of hydrogen-bond acceptors (Lipinski definition) is 4. The maximum Gasteiger partial charge on any atom is 0.416 e. The molecule has 3 aromatic rings. The number of amides is 1. The molecular formula is C20H16F3N4O2S+. The Bertz CT molecular complexity index is 1190. The normalized spacial score (nSPS) is 15.5. The van der Waals surface area contributed by atoms with Gasteiger partial charge in [-0.2, -0.15) is 13.2 Å². The van der Waals surface area contributed by atoms with E-state index in [4.69, 9.17) is 0 Å². The van der Waals surface area contributed by atoms with Crippen molar-refractivity contribution in [3.05, 3.63) is 70.0 Å². The van der Waals surface area contributed by atoms with E-state index in [1.165, 1.54) is 40.4 Å². The van der Waals surface area contributed by atoms with Crippen LogP contribution in [0.3, 0.4) is 0 Å². The number of anilines is 1. The van der Waals surface area contributed by atoms with E-state index in [0.717, 1.165) is 12.1 Å². The van der Waals surface area contributed by atoms with E-state index in [9.17, 15) is 22.8 Å². The first-order chi connectivity index (χ1) is 14.2. The fourth-order valence-corrected chi connectivity index (χ4v) is 3.91. The van der Waals surface area contributed by atoms with Gasteiger partial charge in [-0.15, -0.1) is 0 Å². The summed E-state index contributed by atoms with van der Waals surface area (Å²) in [5.41, 5.74) is 0.416. The highest BCUT2D eigenvalue weighted by Gasteiger charge is 2.45. The van der Waals surface area contributed by atoms with Crippen molar-refractivity contribution in [1.82, 2.24) is 10.1 Å². The zero-order valence-electron chi connectivity index (χ0n) is 15.9. The Morgan fingerprint density at radius 3 is 2.43 bits per heavy atom. The smallest absolute Gasteiger partial charge is 0.291 e. The van der Waals surface area contributed by atoms with Gasteiger partial charge in [-0.25, -0.2) is 4.90 Å². The Morgan fingerprint density at radius 1 is 1.17 bits per heavy atom. The average Bonchev–Trinajstić information content (AvgIpc) is 2.71. The number of benzene rings is 2. The topological polar surface area (TPSA) is 69.9 Å². The predicted molar refractivity (Wildman–Crippen MR) is 105 cm³/mol. The van der Waals surface area contributed by atoms with Crippen LogP contribution in [0.15, 0.2) is 58.5 Å². The highest BCUT2D eigenvalue weighted by atomic mass is 32.2. The molecule has 0 aliphatic carbocycles. The summed E-state index contributed by atoms with van der Waals surface area (Å²) >= 11 is 1.21. The van der Waals surface area contributed by atoms with Crippen LogP contribution < -0.4 is 15.1 Å². The summed E-state index contributed by atoms with van der Waals surface area (Å²) in [6.07, 6.45) is -3.66. The van der Waals surface area contributed by atoms with Crippen LogP contribution in [0.5, 0.6) is 0 Å². The molecule has 2 aromatic carbocycles. The van der Waals surface area contributed by atoms with Gasteiger partial charge in [-0.3, -0.25) is 14.6 Å². The second-order valence-corrected chi connectivity index (χ2v) is 7.45. The van der Waals surface area contributed by atoms with Crippen molar-refractivity contribution in [2.24, 2.45) is 0 Å². The van der Waals surface area contributed by atoms with Gasteiger partial charge in [0.2, 0.25) is 11.1 Å². The van der Waals surface area contributed by atoms with E-state index in [0.29, 0.717) is 22.0 Å². The molecule has 6 nitrogen and oxygen atoms in total. The molecule has 30 heavy (non-hydrogen) atoms. The lowest BCUT2D eigenvalue weighted by molar-refractivity contribution is -0.763. The van der Waals surface area contributed by atoms with Crippen LogP contribution in [0.25, 0.3) is 11.3 Å². The molecule has 1 atom stereocenters. The molecule has 2 heterocycles. The summed E-state index contributed by atoms with van der Waals surface area (Å²) in [6, 6.07) is 11.4. The van der Waals surface area contributed by atoms with E-state index >= 15 is 0 Å². The molecule has 0 spiro atoms. The molecule has 4 rings (SSSR count). The Balaban J connectivity index is 2.01. The molecule has 1 aliphatic rings. The van der Waals surface area contributed by atoms with Crippen molar-refractivity contribution in [3.63, 3.8) is 0 Å². The monoisotopic (exact) mass is 433 g/mol. The molecule has 154 valence electrons. The molecule has 0 saturated carbocycles. The van der Waals surface area contributed by atoms with E-state index in [1.54, 1.807) is 30.5 Å². The van der Waals surface area contributed by atoms with Gasteiger partial charge in [0, 0.05) is 17.6 Å². The Hall–Kier alpha value is -3.14. The molecule has 10 heteroatoms. The SMILES string of the molecule is CSc1n[n+]2c(c(=O)[nH]1)-c1ccccc1N(C(C)=O)C2c1ccc(C(F)(F)F)cc1. The van der Waals surface area contributed by atoms with Crippen LogP contribution in [0.1, 0.15) is 24.2 Å². The number of nitrogens with zero attached hydrogens (tertiary/aromatic N) is 3. The first kappa shape index (κ1) is 20.1. The molecular weight excluding hydrogens is 417 g/mol. The van der Waals surface area contributed by atoms with Crippen LogP contribution in [0.2, 0.25) is 0 Å². The number of H-pyrrole nitrogens is 1. The number of alkyl halides is 3. The van der Waals surface area contributed by atoms with E-state index in [-0.39, 0.29) is 11.6 Å². The summed E-state index contributed by atoms with van der Waals surface area (Å²) in [5.74, 6) is -0.335. The summed E-state index contributed by atoms with van der Waals surface area (Å²) in [7, 11) is 0. The van der Waals surface area contributed by atoms with Gasteiger partial charge in [0.25, 0.3) is 6.17 Å². The number of para-hydroxylation sites is 1. The highest BCUT2D eigenvalue weighted by molar-refractivity contribution is 7.98. The minimum atomic E-state index is -4.48. The maximum absolute atomic E-state index is 13.0. The van der Waals surface area contributed by atoms with Gasteiger partial charge in [-0.1, -0.05) is 23.9 Å². The third-order valence-corrected chi connectivity index (χ3v) is 5.40. The average molecular weight is 433 g/mol. The molecule has 0 radical (unpaired) electrons. The standard InChI is InChI=1S/C20H15F3N4O2S/c1-11(28)26-15-6-4-3-5-14(15)16-17(29)24-19(30-2)25-27(16)18(26)12-7-9-13(10-8-12)20(21,22)23/h3-10,18H,1-2H3/p+1. The lowest BCUT2D eigenvalue weighted by Gasteiger charge is -2.31. The highest BCUT2D eigenvalue weighted by Crippen LogP contribution is 2.38. The number of aromatic amines is 1. The zero-order valence-corrected chi connectivity index (χ0v) is 16.7. The Labute approximate surface area is 173 Å². The van der Waals surface area contributed by atoms with Crippen molar-refractivity contribution in [1.29, 1.82) is 0 Å². The lowest BCUT2D eigenvalue weighted by Crippen LogP contribution is -2.60. The zero-order chi connectivity index (χ0) is 21.6. The van der Waals surface area contributed by atoms with Gasteiger partial charge >= 0.3 is 17.4 Å². The fourth-order valence-electron chi connectivity index (χ4n) is 3.55. The summed E-state index contributed by atoms with van der Waals surface area (Å²) in [6.45, 7) is 1.36. The molecule has 0 bridgehead atoms. The largest absolute Gasteiger partial charge is 0.416 e. The van der Waals surface area contributed by atoms with Crippen molar-refractivity contribution >= 4 is 23.4 Å². The first-order valence-electron chi connectivity index (χ1n) is 8.89. The van der Waals surface area contributed by atoms with E-state index in [2.05, 4.69) is 10.1 Å². The molecule has 1 aliphatic heterocycles. The second-order valence-electron chi connectivity index (χ2n) is 6.66. The van der Waals surface area contributed by atoms with E-state index in [1.807, 2.05) is 0 Å². The molecule has 0 fully saturated rings. The lowest BCUT2D eigenvalue weighted by atomic mass is 10.0. The number of hydrogen-bond donors (Lipinski definition) is 1. The molecule has 0 saturated heterocycles. The quantitative estimate of drug-likeness (QED) is 0.497. The van der Waals surface area contributed by atoms with E-state index < -0.39 is 23.5 Å². The third-order valence-electron chi connectivity index (χ3n) is 4.83. The number of nitrogens with one attached hydrogen (secondary N) is 1. The van der Waals surface area contributed by atoms with Crippen molar-refractivity contribution in [2.45, 2.75) is 24.4 Å². The number of carbonyl (C=O) groups is 1. The number of rotatable bonds is 2. The van der Waals surface area contributed by atoms with Gasteiger partial charge in [0.05, 0.1) is 16.8 Å². The summed E-state index contributed by atoms with van der Waals surface area (Å²) in [4.78, 5) is 29.6. The van der Waals surface area contributed by atoms with Crippen LogP contribution in [-0.2, 0) is 11.0 Å². The fraction of sp³-hybridized carbons (Fsp3) is 0.200. The van der Waals surface area contributed by atoms with Gasteiger partial charge in [-0.05, 0) is 47.3 Å². The minimum absolute atomic E-state index is 0.228. The Kier molecular flexibility index (Phi) is 4.89. The van der Waals surface area contributed by atoms with Crippen molar-refractivity contribution in [2.75, 3.05) is 11.2 Å². The number of halogens is 3. The van der Waals surface area contributed by atoms with Crippen molar-refractivity contribution < 1.29 is 22.6 Å². The molecule has 1 N–H and O–H groups in total. The second kappa shape index (κ2) is 7.28. The molecule has 1 aromatic heterocycles. The number of carbonyl (C=O) groups excluding carboxylic acids is 1. The minimum Gasteiger partial charge on any atom is -0.291 e. The third kappa shape index (κ3) is 3.26. The summed E-state index contributed by atoms with van der Waals surface area (Å²) in [5, 5.41) is 4.78. The van der Waals surface area contributed by atoms with Crippen LogP contribution in [0, 0.1) is 0 Å². The van der Waals surface area contributed by atoms with Crippen LogP contribution in [-0.4, -0.2) is 22.2 Å². The summed E-state index contributed by atoms with van der Waals surface area (Å²) < 4.78 is 40.5. The molecule has 1 amide bonds. The van der Waals surface area contributed by atoms with Crippen LogP contribution >= 0.6 is 11.8 Å². The van der Waals surface area contributed by atoms with Gasteiger partial charge < -0.3 is 0 Å². The number of fused-ring (bicyclic) bond motifs is 3. The Morgan fingerprint density at radius 2 is 1.83 bits per heavy atom. The maximum atomic E-state index is 13.0. The van der Waals surface area contributed by atoms with Gasteiger partial charge in [0.15, 0.2) is 0 Å². The first-order valence-corrected chi connectivity index (χ1v) is 10.1. The number of aromatic nitrogens is 3. The van der Waals surface area contributed by atoms with Crippen LogP contribution in [0.4, 0.5) is 18.9 Å². The van der Waals surface area contributed by atoms with Crippen molar-refractivity contribution in [3.8, 4) is 11.3 Å². The number of thioether (sulfide) groups is 1. The predicted octanol–water partition coefficient (Wildman–Crippen LogP) is 3.38. The molecule has 1 unspecified atom stereocenters. The van der Waals surface area contributed by atoms with Gasteiger partial charge in [0.1, 0.15) is 0 Å².